The lowest BCUT2D eigenvalue weighted by Gasteiger charge is -2.26. The van der Waals surface area contributed by atoms with Crippen molar-refractivity contribution in [3.8, 4) is 0 Å². The third kappa shape index (κ3) is 3.55. The minimum atomic E-state index is 0.0402. The highest BCUT2D eigenvalue weighted by Crippen LogP contribution is 2.32. The largest absolute Gasteiger partial charge is 0.349 e. The van der Waals surface area contributed by atoms with Crippen LogP contribution in [0.25, 0.3) is 0 Å². The maximum atomic E-state index is 12.1. The molecular weight excluding hydrogens is 366 g/mol. The molecule has 0 aromatic carbocycles. The molecule has 2 nitrogen and oxygen atoms in total. The van der Waals surface area contributed by atoms with Gasteiger partial charge in [0.1, 0.15) is 0 Å². The smallest absolute Gasteiger partial charge is 0.253 e. The Morgan fingerprint density at radius 2 is 2.00 bits per heavy atom. The molecule has 0 spiro atoms. The van der Waals surface area contributed by atoms with E-state index in [1.54, 1.807) is 0 Å². The number of thiophene rings is 1. The van der Waals surface area contributed by atoms with Crippen LogP contribution in [0.4, 0.5) is 0 Å². The highest BCUT2D eigenvalue weighted by molar-refractivity contribution is 9.12. The van der Waals surface area contributed by atoms with Gasteiger partial charge in [-0.2, -0.15) is 0 Å². The molecule has 17 heavy (non-hydrogen) atoms. The van der Waals surface area contributed by atoms with E-state index in [2.05, 4.69) is 44.1 Å². The predicted molar refractivity (Wildman–Crippen MR) is 78.6 cm³/mol. The van der Waals surface area contributed by atoms with Gasteiger partial charge >= 0.3 is 0 Å². The van der Waals surface area contributed by atoms with E-state index in [0.29, 0.717) is 6.04 Å². The van der Waals surface area contributed by atoms with Crippen LogP contribution in [0, 0.1) is 5.92 Å². The summed E-state index contributed by atoms with van der Waals surface area (Å²) in [5, 5.41) is 3.13. The van der Waals surface area contributed by atoms with Crippen LogP contribution >= 0.6 is 43.2 Å². The molecule has 1 aliphatic rings. The van der Waals surface area contributed by atoms with Crippen LogP contribution in [0.2, 0.25) is 0 Å². The molecule has 0 unspecified atom stereocenters. The fraction of sp³-hybridized carbons (Fsp3) is 0.583. The van der Waals surface area contributed by atoms with Crippen LogP contribution in [0.5, 0.6) is 0 Å². The van der Waals surface area contributed by atoms with E-state index in [4.69, 9.17) is 0 Å². The van der Waals surface area contributed by atoms with Gasteiger partial charge in [-0.1, -0.05) is 6.92 Å². The first-order valence-corrected chi connectivity index (χ1v) is 8.22. The summed E-state index contributed by atoms with van der Waals surface area (Å²) < 4.78 is 1.87. The monoisotopic (exact) mass is 379 g/mol. The maximum Gasteiger partial charge on any atom is 0.253 e. The van der Waals surface area contributed by atoms with Gasteiger partial charge in [0.15, 0.2) is 0 Å². The zero-order valence-corrected chi connectivity index (χ0v) is 13.6. The molecule has 1 aromatic rings. The summed E-state index contributed by atoms with van der Waals surface area (Å²) in [6, 6.07) is 2.22. The van der Waals surface area contributed by atoms with Crippen LogP contribution in [-0.4, -0.2) is 11.9 Å². The number of carbonyl (C=O) groups excluding carboxylic acids is 1. The highest BCUT2D eigenvalue weighted by atomic mass is 79.9. The van der Waals surface area contributed by atoms with Gasteiger partial charge in [0.25, 0.3) is 5.91 Å². The summed E-state index contributed by atoms with van der Waals surface area (Å²) in [5.41, 5.74) is 0.737. The minimum absolute atomic E-state index is 0.0402. The number of nitrogens with one attached hydrogen (secondary N) is 1. The molecule has 1 saturated carbocycles. The quantitative estimate of drug-likeness (QED) is 0.799. The van der Waals surface area contributed by atoms with E-state index < -0.39 is 0 Å². The zero-order valence-electron chi connectivity index (χ0n) is 9.63. The van der Waals surface area contributed by atoms with Gasteiger partial charge in [-0.25, -0.2) is 0 Å². The van der Waals surface area contributed by atoms with E-state index in [-0.39, 0.29) is 5.91 Å². The Labute approximate surface area is 122 Å². The second kappa shape index (κ2) is 5.85. The number of hydrogen-bond donors (Lipinski definition) is 1. The normalized spacial score (nSPS) is 24.6. The van der Waals surface area contributed by atoms with Gasteiger partial charge in [0, 0.05) is 6.04 Å². The lowest BCUT2D eigenvalue weighted by Crippen LogP contribution is -2.37. The van der Waals surface area contributed by atoms with Gasteiger partial charge in [0.05, 0.1) is 13.1 Å². The number of amides is 1. The van der Waals surface area contributed by atoms with Crippen molar-refractivity contribution >= 4 is 49.1 Å². The van der Waals surface area contributed by atoms with Crippen molar-refractivity contribution in [3.63, 3.8) is 0 Å². The van der Waals surface area contributed by atoms with Crippen molar-refractivity contribution in [2.75, 3.05) is 0 Å². The molecule has 1 amide bonds. The van der Waals surface area contributed by atoms with Gasteiger partial charge < -0.3 is 5.32 Å². The SMILES string of the molecule is CC1CCC(NC(=O)c2cc(Br)sc2Br)CC1. The summed E-state index contributed by atoms with van der Waals surface area (Å²) in [5.74, 6) is 0.851. The molecule has 1 heterocycles. The van der Waals surface area contributed by atoms with E-state index in [0.717, 1.165) is 31.9 Å². The molecule has 1 fully saturated rings. The number of hydrogen-bond acceptors (Lipinski definition) is 2. The van der Waals surface area contributed by atoms with Crippen LogP contribution in [0.3, 0.4) is 0 Å². The summed E-state index contributed by atoms with van der Waals surface area (Å²) in [6.07, 6.45) is 4.66. The number of rotatable bonds is 2. The van der Waals surface area contributed by atoms with E-state index in [9.17, 15) is 4.79 Å². The molecule has 94 valence electrons. The van der Waals surface area contributed by atoms with Crippen LogP contribution < -0.4 is 5.32 Å². The molecule has 0 radical (unpaired) electrons. The lowest BCUT2D eigenvalue weighted by molar-refractivity contribution is 0.0922. The molecular formula is C12H15Br2NOS. The molecule has 1 aliphatic carbocycles. The summed E-state index contributed by atoms with van der Waals surface area (Å²) in [6.45, 7) is 2.28. The molecule has 1 N–H and O–H groups in total. The Hall–Kier alpha value is 0.130. The van der Waals surface area contributed by atoms with Crippen molar-refractivity contribution < 1.29 is 4.79 Å². The van der Waals surface area contributed by atoms with E-state index >= 15 is 0 Å². The Kier molecular flexibility index (Phi) is 4.66. The predicted octanol–water partition coefficient (Wildman–Crippen LogP) is 4.58. The van der Waals surface area contributed by atoms with Gasteiger partial charge in [-0.3, -0.25) is 4.79 Å². The summed E-state index contributed by atoms with van der Waals surface area (Å²) >= 11 is 8.35. The third-order valence-electron chi connectivity index (χ3n) is 3.25. The minimum Gasteiger partial charge on any atom is -0.349 e. The number of halogens is 2. The molecule has 1 aromatic heterocycles. The highest BCUT2D eigenvalue weighted by Gasteiger charge is 2.21. The topological polar surface area (TPSA) is 29.1 Å². The van der Waals surface area contributed by atoms with Gasteiger partial charge in [0.2, 0.25) is 0 Å². The Bertz CT molecular complexity index is 411. The second-order valence-electron chi connectivity index (χ2n) is 4.67. The standard InChI is InChI=1S/C12H15Br2NOS/c1-7-2-4-8(5-3-7)15-12(16)9-6-10(13)17-11(9)14/h6-8H,2-5H2,1H3,(H,15,16). The van der Waals surface area contributed by atoms with Crippen molar-refractivity contribution in [1.82, 2.24) is 5.32 Å². The van der Waals surface area contributed by atoms with Gasteiger partial charge in [-0.05, 0) is 69.5 Å². The molecule has 0 bridgehead atoms. The molecule has 0 aliphatic heterocycles. The summed E-state index contributed by atoms with van der Waals surface area (Å²) in [7, 11) is 0. The fourth-order valence-corrected chi connectivity index (χ4v) is 4.96. The Balaban J connectivity index is 1.95. The molecule has 2 rings (SSSR count). The van der Waals surface area contributed by atoms with Crippen molar-refractivity contribution in [2.24, 2.45) is 5.92 Å². The molecule has 0 atom stereocenters. The maximum absolute atomic E-state index is 12.1. The van der Waals surface area contributed by atoms with Crippen LogP contribution in [-0.2, 0) is 0 Å². The average molecular weight is 381 g/mol. The van der Waals surface area contributed by atoms with E-state index in [1.807, 2.05) is 6.07 Å². The Morgan fingerprint density at radius 1 is 1.35 bits per heavy atom. The zero-order chi connectivity index (χ0) is 12.4. The average Bonchev–Trinajstić information content (AvgIpc) is 2.61. The second-order valence-corrected chi connectivity index (χ2v) is 8.42. The first-order chi connectivity index (χ1) is 8.06. The lowest BCUT2D eigenvalue weighted by atomic mass is 9.87. The van der Waals surface area contributed by atoms with E-state index in [1.165, 1.54) is 24.2 Å². The van der Waals surface area contributed by atoms with Gasteiger partial charge in [-0.15, -0.1) is 11.3 Å². The van der Waals surface area contributed by atoms with Crippen LogP contribution in [0.1, 0.15) is 43.0 Å². The molecule has 0 saturated heterocycles. The third-order valence-corrected chi connectivity index (χ3v) is 5.59. The van der Waals surface area contributed by atoms with Crippen molar-refractivity contribution in [2.45, 2.75) is 38.6 Å². The molecule has 5 heteroatoms. The Morgan fingerprint density at radius 3 is 2.53 bits per heavy atom. The first-order valence-electron chi connectivity index (χ1n) is 5.82. The first kappa shape index (κ1) is 13.6. The summed E-state index contributed by atoms with van der Waals surface area (Å²) in [4.78, 5) is 12.1. The van der Waals surface area contributed by atoms with Crippen LogP contribution in [0.15, 0.2) is 13.6 Å². The van der Waals surface area contributed by atoms with Crippen molar-refractivity contribution in [1.29, 1.82) is 0 Å². The fourth-order valence-electron chi connectivity index (χ4n) is 2.16. The van der Waals surface area contributed by atoms with Crippen molar-refractivity contribution in [3.05, 3.63) is 19.2 Å². The number of carbonyl (C=O) groups is 1.